The molecule has 0 aliphatic heterocycles. The van der Waals surface area contributed by atoms with Gasteiger partial charge in [-0.15, -0.1) is 0 Å². The highest BCUT2D eigenvalue weighted by Crippen LogP contribution is 2.13. The molecule has 0 bridgehead atoms. The number of rotatable bonds is 3. The maximum absolute atomic E-state index is 11.3. The maximum Gasteiger partial charge on any atom is 0.335 e. The number of benzene rings is 1. The van der Waals surface area contributed by atoms with Crippen molar-refractivity contribution in [1.29, 1.82) is 0 Å². The number of hydrogen-bond acceptors (Lipinski definition) is 4. The smallest absolute Gasteiger partial charge is 0.335 e. The van der Waals surface area contributed by atoms with Gasteiger partial charge in [0.05, 0.1) is 5.56 Å². The number of anilines is 2. The summed E-state index contributed by atoms with van der Waals surface area (Å²) in [6, 6.07) is 6.14. The van der Waals surface area contributed by atoms with Gasteiger partial charge in [0, 0.05) is 18.1 Å². The van der Waals surface area contributed by atoms with E-state index in [4.69, 9.17) is 5.11 Å². The summed E-state index contributed by atoms with van der Waals surface area (Å²) in [5.74, 6) is -0.904. The molecule has 3 N–H and O–H groups in total. The zero-order valence-corrected chi connectivity index (χ0v) is 8.68. The average molecular weight is 231 g/mol. The molecule has 0 aliphatic carbocycles. The fraction of sp³-hybridized carbons (Fsp3) is 0. The highest BCUT2D eigenvalue weighted by Gasteiger charge is 2.05. The van der Waals surface area contributed by atoms with Crippen molar-refractivity contribution in [2.45, 2.75) is 0 Å². The van der Waals surface area contributed by atoms with Crippen molar-refractivity contribution < 1.29 is 9.90 Å². The molecule has 0 radical (unpaired) electrons. The summed E-state index contributed by atoms with van der Waals surface area (Å²) in [5.41, 5.74) is 0.268. The number of carboxylic acids is 1. The summed E-state index contributed by atoms with van der Waals surface area (Å²) >= 11 is 0. The normalized spacial score (nSPS) is 9.88. The molecule has 1 aromatic carbocycles. The van der Waals surface area contributed by atoms with Gasteiger partial charge in [-0.05, 0) is 18.2 Å². The third kappa shape index (κ3) is 2.49. The lowest BCUT2D eigenvalue weighted by Crippen LogP contribution is -2.12. The zero-order valence-electron chi connectivity index (χ0n) is 8.68. The van der Waals surface area contributed by atoms with Gasteiger partial charge in [-0.2, -0.15) is 0 Å². The minimum atomic E-state index is -1.02. The number of nitrogens with zero attached hydrogens (tertiary/aromatic N) is 1. The predicted octanol–water partition coefficient (Wildman–Crippen LogP) is 1.21. The number of aromatic carboxylic acids is 1. The van der Waals surface area contributed by atoms with Crippen LogP contribution < -0.4 is 10.9 Å². The molecule has 0 aliphatic rings. The Morgan fingerprint density at radius 3 is 2.94 bits per heavy atom. The molecule has 1 heterocycles. The molecular weight excluding hydrogens is 222 g/mol. The molecule has 2 rings (SSSR count). The van der Waals surface area contributed by atoms with E-state index in [1.807, 2.05) is 0 Å². The lowest BCUT2D eigenvalue weighted by molar-refractivity contribution is 0.0697. The van der Waals surface area contributed by atoms with Crippen molar-refractivity contribution >= 4 is 17.5 Å². The SMILES string of the molecule is O=C(O)c1cccc(Nc2ncc[nH]c2=O)c1. The largest absolute Gasteiger partial charge is 0.478 e. The standard InChI is InChI=1S/C11H9N3O3/c15-10-9(12-4-5-13-10)14-8-3-1-2-7(6-8)11(16)17/h1-6H,(H,12,14)(H,13,15)(H,16,17). The van der Waals surface area contributed by atoms with Crippen molar-refractivity contribution in [3.63, 3.8) is 0 Å². The Morgan fingerprint density at radius 1 is 1.41 bits per heavy atom. The van der Waals surface area contributed by atoms with E-state index < -0.39 is 5.97 Å². The quantitative estimate of drug-likeness (QED) is 0.738. The Hall–Kier alpha value is -2.63. The molecule has 1 aromatic heterocycles. The van der Waals surface area contributed by atoms with Crippen molar-refractivity contribution in [1.82, 2.24) is 9.97 Å². The number of H-pyrrole nitrogens is 1. The summed E-state index contributed by atoms with van der Waals surface area (Å²) in [6.45, 7) is 0. The van der Waals surface area contributed by atoms with Crippen LogP contribution in [0.2, 0.25) is 0 Å². The van der Waals surface area contributed by atoms with E-state index in [0.717, 1.165) is 0 Å². The Labute approximate surface area is 96.0 Å². The van der Waals surface area contributed by atoms with E-state index in [9.17, 15) is 9.59 Å². The highest BCUT2D eigenvalue weighted by atomic mass is 16.4. The van der Waals surface area contributed by atoms with E-state index in [0.29, 0.717) is 5.69 Å². The third-order valence-electron chi connectivity index (χ3n) is 2.08. The monoisotopic (exact) mass is 231 g/mol. The van der Waals surface area contributed by atoms with Crippen molar-refractivity contribution in [2.24, 2.45) is 0 Å². The molecule has 6 nitrogen and oxygen atoms in total. The van der Waals surface area contributed by atoms with Gasteiger partial charge in [0.1, 0.15) is 0 Å². The fourth-order valence-electron chi connectivity index (χ4n) is 1.31. The first-order chi connectivity index (χ1) is 8.16. The van der Waals surface area contributed by atoms with Crippen molar-refractivity contribution in [3.05, 3.63) is 52.6 Å². The van der Waals surface area contributed by atoms with Crippen LogP contribution in [0.4, 0.5) is 11.5 Å². The summed E-state index contributed by atoms with van der Waals surface area (Å²) in [7, 11) is 0. The van der Waals surface area contributed by atoms with E-state index in [2.05, 4.69) is 15.3 Å². The lowest BCUT2D eigenvalue weighted by atomic mass is 10.2. The van der Waals surface area contributed by atoms with Gasteiger partial charge in [0.2, 0.25) is 0 Å². The molecule has 0 atom stereocenters. The first-order valence-electron chi connectivity index (χ1n) is 4.81. The topological polar surface area (TPSA) is 95.1 Å². The van der Waals surface area contributed by atoms with Gasteiger partial charge < -0.3 is 15.4 Å². The highest BCUT2D eigenvalue weighted by molar-refractivity contribution is 5.89. The van der Waals surface area contributed by atoms with E-state index >= 15 is 0 Å². The summed E-state index contributed by atoms with van der Waals surface area (Å²) in [6.07, 6.45) is 2.85. The van der Waals surface area contributed by atoms with Crippen LogP contribution >= 0.6 is 0 Å². The second kappa shape index (κ2) is 4.48. The Bertz CT molecular complexity index is 607. The summed E-state index contributed by atoms with van der Waals surface area (Å²) in [5, 5.41) is 11.6. The third-order valence-corrected chi connectivity index (χ3v) is 2.08. The summed E-state index contributed by atoms with van der Waals surface area (Å²) in [4.78, 5) is 28.4. The molecule has 0 saturated heterocycles. The maximum atomic E-state index is 11.3. The van der Waals surface area contributed by atoms with Crippen LogP contribution in [0.5, 0.6) is 0 Å². The van der Waals surface area contributed by atoms with Crippen molar-refractivity contribution in [3.8, 4) is 0 Å². The minimum absolute atomic E-state index is 0.120. The molecule has 0 saturated carbocycles. The molecule has 86 valence electrons. The molecule has 17 heavy (non-hydrogen) atoms. The lowest BCUT2D eigenvalue weighted by Gasteiger charge is -2.04. The predicted molar refractivity (Wildman–Crippen MR) is 61.5 cm³/mol. The average Bonchev–Trinajstić information content (AvgIpc) is 2.32. The van der Waals surface area contributed by atoms with E-state index in [1.165, 1.54) is 24.5 Å². The Morgan fingerprint density at radius 2 is 2.24 bits per heavy atom. The zero-order chi connectivity index (χ0) is 12.3. The van der Waals surface area contributed by atoms with Gasteiger partial charge in [0.15, 0.2) is 5.82 Å². The summed E-state index contributed by atoms with van der Waals surface area (Å²) < 4.78 is 0. The van der Waals surface area contributed by atoms with Crippen LogP contribution in [0.15, 0.2) is 41.5 Å². The molecule has 0 fully saturated rings. The van der Waals surface area contributed by atoms with E-state index in [-0.39, 0.29) is 16.9 Å². The van der Waals surface area contributed by atoms with Crippen LogP contribution in [0.1, 0.15) is 10.4 Å². The number of aromatic nitrogens is 2. The van der Waals surface area contributed by atoms with Gasteiger partial charge in [0.25, 0.3) is 5.56 Å². The molecular formula is C11H9N3O3. The van der Waals surface area contributed by atoms with Crippen LogP contribution in [-0.2, 0) is 0 Å². The Balaban J connectivity index is 2.31. The fourth-order valence-corrected chi connectivity index (χ4v) is 1.31. The first kappa shape index (κ1) is 10.9. The van der Waals surface area contributed by atoms with Gasteiger partial charge in [-0.1, -0.05) is 6.07 Å². The van der Waals surface area contributed by atoms with Gasteiger partial charge in [-0.3, -0.25) is 4.79 Å². The Kier molecular flexibility index (Phi) is 2.87. The van der Waals surface area contributed by atoms with Crippen LogP contribution in [0.3, 0.4) is 0 Å². The van der Waals surface area contributed by atoms with E-state index in [1.54, 1.807) is 12.1 Å². The van der Waals surface area contributed by atoms with Crippen molar-refractivity contribution in [2.75, 3.05) is 5.32 Å². The first-order valence-corrected chi connectivity index (χ1v) is 4.81. The molecule has 0 amide bonds. The van der Waals surface area contributed by atoms with Gasteiger partial charge >= 0.3 is 5.97 Å². The van der Waals surface area contributed by atoms with Crippen LogP contribution in [-0.4, -0.2) is 21.0 Å². The van der Waals surface area contributed by atoms with Crippen LogP contribution in [0, 0.1) is 0 Å². The molecule has 0 unspecified atom stereocenters. The number of hydrogen-bond donors (Lipinski definition) is 3. The number of carboxylic acid groups (broad SMARTS) is 1. The van der Waals surface area contributed by atoms with Crippen LogP contribution in [0.25, 0.3) is 0 Å². The molecule has 6 heteroatoms. The second-order valence-electron chi connectivity index (χ2n) is 3.28. The molecule has 2 aromatic rings. The number of aromatic amines is 1. The molecule has 0 spiro atoms. The minimum Gasteiger partial charge on any atom is -0.478 e. The number of nitrogens with one attached hydrogen (secondary N) is 2. The number of carbonyl (C=O) groups is 1. The van der Waals surface area contributed by atoms with Gasteiger partial charge in [-0.25, -0.2) is 9.78 Å². The second-order valence-corrected chi connectivity index (χ2v) is 3.28.